The fourth-order valence-electron chi connectivity index (χ4n) is 3.22. The molecule has 3 heteroatoms. The summed E-state index contributed by atoms with van der Waals surface area (Å²) in [6, 6.07) is 8.50. The molecule has 3 nitrogen and oxygen atoms in total. The normalized spacial score (nSPS) is 26.4. The fourth-order valence-corrected chi connectivity index (χ4v) is 3.22. The van der Waals surface area contributed by atoms with Gasteiger partial charge in [0.2, 0.25) is 0 Å². The van der Waals surface area contributed by atoms with Crippen molar-refractivity contribution in [2.45, 2.75) is 18.3 Å². The Morgan fingerprint density at radius 3 is 2.89 bits per heavy atom. The topological polar surface area (TPSA) is 30.5 Å². The van der Waals surface area contributed by atoms with E-state index in [9.17, 15) is 0 Å². The molecule has 0 bridgehead atoms. The van der Waals surface area contributed by atoms with E-state index in [1.54, 1.807) is 7.11 Å². The molecule has 2 aliphatic heterocycles. The maximum atomic E-state index is 5.55. The second-order valence-electron chi connectivity index (χ2n) is 5.42. The fraction of sp³-hybridized carbons (Fsp3) is 0.600. The lowest BCUT2D eigenvalue weighted by atomic mass is 9.66. The van der Waals surface area contributed by atoms with Gasteiger partial charge in [-0.05, 0) is 49.5 Å². The highest BCUT2D eigenvalue weighted by Crippen LogP contribution is 2.43. The second-order valence-corrected chi connectivity index (χ2v) is 5.42. The van der Waals surface area contributed by atoms with Crippen molar-refractivity contribution in [1.29, 1.82) is 0 Å². The minimum absolute atomic E-state index is 0.210. The largest absolute Gasteiger partial charge is 0.497 e. The van der Waals surface area contributed by atoms with Gasteiger partial charge in [0.05, 0.1) is 20.3 Å². The zero-order chi connectivity index (χ0) is 12.4. The molecule has 1 atom stereocenters. The van der Waals surface area contributed by atoms with Gasteiger partial charge in [0, 0.05) is 5.41 Å². The molecule has 3 rings (SSSR count). The molecule has 0 spiro atoms. The first-order valence-electron chi connectivity index (χ1n) is 6.78. The molecular weight excluding hydrogens is 226 g/mol. The van der Waals surface area contributed by atoms with Gasteiger partial charge >= 0.3 is 0 Å². The van der Waals surface area contributed by atoms with E-state index in [4.69, 9.17) is 9.47 Å². The maximum absolute atomic E-state index is 5.55. The predicted molar refractivity (Wildman–Crippen MR) is 71.1 cm³/mol. The zero-order valence-electron chi connectivity index (χ0n) is 10.9. The van der Waals surface area contributed by atoms with Crippen LogP contribution in [0.3, 0.4) is 0 Å². The van der Waals surface area contributed by atoms with Crippen molar-refractivity contribution >= 4 is 0 Å². The van der Waals surface area contributed by atoms with E-state index < -0.39 is 0 Å². The lowest BCUT2D eigenvalue weighted by molar-refractivity contribution is -0.0948. The van der Waals surface area contributed by atoms with Crippen LogP contribution in [-0.2, 0) is 10.2 Å². The Morgan fingerprint density at radius 2 is 2.28 bits per heavy atom. The highest BCUT2D eigenvalue weighted by Gasteiger charge is 2.47. The van der Waals surface area contributed by atoms with E-state index in [1.807, 2.05) is 6.07 Å². The van der Waals surface area contributed by atoms with Crippen LogP contribution in [0.5, 0.6) is 5.75 Å². The SMILES string of the molecule is COc1cccc(C2(C3CCCNC3)COC2)c1. The van der Waals surface area contributed by atoms with Gasteiger partial charge in [0.15, 0.2) is 0 Å². The van der Waals surface area contributed by atoms with Crippen LogP contribution in [0.1, 0.15) is 18.4 Å². The van der Waals surface area contributed by atoms with Crippen LogP contribution in [0, 0.1) is 5.92 Å². The van der Waals surface area contributed by atoms with Gasteiger partial charge in [0.1, 0.15) is 5.75 Å². The molecule has 0 radical (unpaired) electrons. The van der Waals surface area contributed by atoms with Crippen LogP contribution in [0.2, 0.25) is 0 Å². The molecule has 1 unspecified atom stereocenters. The van der Waals surface area contributed by atoms with Crippen LogP contribution < -0.4 is 10.1 Å². The van der Waals surface area contributed by atoms with Crippen LogP contribution >= 0.6 is 0 Å². The summed E-state index contributed by atoms with van der Waals surface area (Å²) in [5, 5.41) is 3.52. The highest BCUT2D eigenvalue weighted by atomic mass is 16.5. The summed E-state index contributed by atoms with van der Waals surface area (Å²) in [4.78, 5) is 0. The Kier molecular flexibility index (Phi) is 3.27. The Balaban J connectivity index is 1.89. The van der Waals surface area contributed by atoms with E-state index in [-0.39, 0.29) is 5.41 Å². The van der Waals surface area contributed by atoms with Crippen molar-refractivity contribution in [3.8, 4) is 5.75 Å². The smallest absolute Gasteiger partial charge is 0.119 e. The summed E-state index contributed by atoms with van der Waals surface area (Å²) in [6.45, 7) is 3.98. The van der Waals surface area contributed by atoms with Gasteiger partial charge in [-0.3, -0.25) is 0 Å². The first-order valence-corrected chi connectivity index (χ1v) is 6.78. The molecule has 98 valence electrons. The number of hydrogen-bond acceptors (Lipinski definition) is 3. The molecular formula is C15H21NO2. The summed E-state index contributed by atoms with van der Waals surface area (Å²) in [6.07, 6.45) is 2.57. The molecule has 0 aliphatic carbocycles. The number of ether oxygens (including phenoxy) is 2. The quantitative estimate of drug-likeness (QED) is 0.885. The molecule has 1 N–H and O–H groups in total. The van der Waals surface area contributed by atoms with E-state index in [0.717, 1.165) is 32.1 Å². The maximum Gasteiger partial charge on any atom is 0.119 e. The number of hydrogen-bond donors (Lipinski definition) is 1. The standard InChI is InChI=1S/C15H21NO2/c1-17-14-6-2-4-12(8-14)15(10-18-11-15)13-5-3-7-16-9-13/h2,4,6,8,13,16H,3,5,7,9-11H2,1H3. The lowest BCUT2D eigenvalue weighted by Gasteiger charge is -2.49. The third-order valence-electron chi connectivity index (χ3n) is 4.44. The Hall–Kier alpha value is -1.06. The van der Waals surface area contributed by atoms with Gasteiger partial charge in [-0.2, -0.15) is 0 Å². The minimum atomic E-state index is 0.210. The van der Waals surface area contributed by atoms with E-state index in [0.29, 0.717) is 5.92 Å². The van der Waals surface area contributed by atoms with Crippen LogP contribution in [0.4, 0.5) is 0 Å². The number of benzene rings is 1. The predicted octanol–water partition coefficient (Wildman–Crippen LogP) is 1.96. The Morgan fingerprint density at radius 1 is 1.39 bits per heavy atom. The third kappa shape index (κ3) is 1.91. The lowest BCUT2D eigenvalue weighted by Crippen LogP contribution is -2.56. The summed E-state index contributed by atoms with van der Waals surface area (Å²) in [7, 11) is 1.73. The van der Waals surface area contributed by atoms with Gasteiger partial charge < -0.3 is 14.8 Å². The average molecular weight is 247 g/mol. The molecule has 0 aromatic heterocycles. The van der Waals surface area contributed by atoms with Crippen molar-refractivity contribution in [2.75, 3.05) is 33.4 Å². The van der Waals surface area contributed by atoms with Crippen molar-refractivity contribution in [3.05, 3.63) is 29.8 Å². The van der Waals surface area contributed by atoms with Crippen LogP contribution in [0.15, 0.2) is 24.3 Å². The second kappa shape index (κ2) is 4.90. The average Bonchev–Trinajstić information content (AvgIpc) is 2.39. The molecule has 1 aromatic rings. The van der Waals surface area contributed by atoms with Gasteiger partial charge in [0.25, 0.3) is 0 Å². The third-order valence-corrected chi connectivity index (χ3v) is 4.44. The van der Waals surface area contributed by atoms with E-state index >= 15 is 0 Å². The van der Waals surface area contributed by atoms with Crippen LogP contribution in [-0.4, -0.2) is 33.4 Å². The Labute approximate surface area is 108 Å². The molecule has 2 saturated heterocycles. The highest BCUT2D eigenvalue weighted by molar-refractivity contribution is 5.36. The summed E-state index contributed by atoms with van der Waals surface area (Å²) >= 11 is 0. The molecule has 2 fully saturated rings. The first-order chi connectivity index (χ1) is 8.85. The Bertz CT molecular complexity index is 409. The summed E-state index contributed by atoms with van der Waals surface area (Å²) in [5.74, 6) is 1.63. The van der Waals surface area contributed by atoms with E-state index in [2.05, 4.69) is 23.5 Å². The molecule has 1 aromatic carbocycles. The zero-order valence-corrected chi connectivity index (χ0v) is 10.9. The summed E-state index contributed by atoms with van der Waals surface area (Å²) < 4.78 is 10.9. The van der Waals surface area contributed by atoms with Crippen molar-refractivity contribution in [2.24, 2.45) is 5.92 Å². The van der Waals surface area contributed by atoms with Gasteiger partial charge in [-0.25, -0.2) is 0 Å². The number of methoxy groups -OCH3 is 1. The number of rotatable bonds is 3. The van der Waals surface area contributed by atoms with Gasteiger partial charge in [-0.1, -0.05) is 12.1 Å². The van der Waals surface area contributed by atoms with Crippen molar-refractivity contribution in [1.82, 2.24) is 5.32 Å². The molecule has 2 aliphatic rings. The molecule has 0 amide bonds. The van der Waals surface area contributed by atoms with E-state index in [1.165, 1.54) is 18.4 Å². The van der Waals surface area contributed by atoms with Crippen LogP contribution in [0.25, 0.3) is 0 Å². The molecule has 2 heterocycles. The molecule has 0 saturated carbocycles. The number of nitrogens with one attached hydrogen (secondary N) is 1. The van der Waals surface area contributed by atoms with Crippen molar-refractivity contribution in [3.63, 3.8) is 0 Å². The summed E-state index contributed by atoms with van der Waals surface area (Å²) in [5.41, 5.74) is 1.59. The van der Waals surface area contributed by atoms with Gasteiger partial charge in [-0.15, -0.1) is 0 Å². The monoisotopic (exact) mass is 247 g/mol. The number of piperidine rings is 1. The first kappa shape index (κ1) is 12.0. The molecule has 18 heavy (non-hydrogen) atoms. The minimum Gasteiger partial charge on any atom is -0.497 e. The van der Waals surface area contributed by atoms with Crippen molar-refractivity contribution < 1.29 is 9.47 Å².